The number of halogens is 1. The Bertz CT molecular complexity index is 376. The van der Waals surface area contributed by atoms with Crippen LogP contribution in [0.25, 0.3) is 0 Å². The number of alkyl halides is 1. The highest BCUT2D eigenvalue weighted by Crippen LogP contribution is 2.29. The Kier molecular flexibility index (Phi) is 2.11. The molecular formula is C10H9FO3. The zero-order valence-corrected chi connectivity index (χ0v) is 7.62. The smallest absolute Gasteiger partial charge is 0.346 e. The van der Waals surface area contributed by atoms with E-state index in [1.54, 1.807) is 18.2 Å². The van der Waals surface area contributed by atoms with E-state index in [-0.39, 0.29) is 6.42 Å². The third kappa shape index (κ3) is 1.43. The van der Waals surface area contributed by atoms with E-state index in [4.69, 9.17) is 9.47 Å². The number of methoxy groups -OCH3 is 1. The number of rotatable bonds is 1. The van der Waals surface area contributed by atoms with E-state index >= 15 is 0 Å². The molecule has 2 rings (SSSR count). The van der Waals surface area contributed by atoms with Crippen molar-refractivity contribution < 1.29 is 18.7 Å². The monoisotopic (exact) mass is 196 g/mol. The second-order valence-corrected chi connectivity index (χ2v) is 3.07. The number of ether oxygens (including phenoxy) is 2. The van der Waals surface area contributed by atoms with Gasteiger partial charge in [-0.1, -0.05) is 0 Å². The summed E-state index contributed by atoms with van der Waals surface area (Å²) in [6.07, 6.45) is -1.50. The van der Waals surface area contributed by atoms with E-state index in [0.717, 1.165) is 0 Å². The lowest BCUT2D eigenvalue weighted by Crippen LogP contribution is -2.28. The normalized spacial score (nSPS) is 19.9. The predicted octanol–water partition coefficient (Wildman–Crippen LogP) is 1.49. The fourth-order valence-corrected chi connectivity index (χ4v) is 1.39. The van der Waals surface area contributed by atoms with E-state index < -0.39 is 12.1 Å². The standard InChI is InChI=1S/C10H9FO3/c1-13-7-2-3-9-6(4-7)5-8(11)10(12)14-9/h2-4,8H,5H2,1H3/t8-/m0/s1. The summed E-state index contributed by atoms with van der Waals surface area (Å²) in [5.41, 5.74) is 0.663. The van der Waals surface area contributed by atoms with Gasteiger partial charge in [-0.2, -0.15) is 0 Å². The summed E-state index contributed by atoms with van der Waals surface area (Å²) >= 11 is 0. The largest absolute Gasteiger partial charge is 0.497 e. The molecule has 74 valence electrons. The first-order chi connectivity index (χ1) is 6.70. The molecule has 1 aromatic carbocycles. The first-order valence-corrected chi connectivity index (χ1v) is 4.23. The van der Waals surface area contributed by atoms with Gasteiger partial charge >= 0.3 is 5.97 Å². The van der Waals surface area contributed by atoms with Crippen molar-refractivity contribution in [3.63, 3.8) is 0 Å². The first kappa shape index (κ1) is 8.99. The zero-order chi connectivity index (χ0) is 10.1. The van der Waals surface area contributed by atoms with Crippen LogP contribution in [0, 0.1) is 0 Å². The number of esters is 1. The van der Waals surface area contributed by atoms with Gasteiger partial charge in [-0.3, -0.25) is 0 Å². The van der Waals surface area contributed by atoms with Gasteiger partial charge in [-0.15, -0.1) is 0 Å². The summed E-state index contributed by atoms with van der Waals surface area (Å²) < 4.78 is 22.7. The molecule has 1 atom stereocenters. The minimum absolute atomic E-state index is 0.0609. The molecule has 0 saturated heterocycles. The Morgan fingerprint density at radius 1 is 1.57 bits per heavy atom. The van der Waals surface area contributed by atoms with Crippen LogP contribution < -0.4 is 9.47 Å². The van der Waals surface area contributed by atoms with E-state index in [1.807, 2.05) is 0 Å². The van der Waals surface area contributed by atoms with Gasteiger partial charge in [0.05, 0.1) is 7.11 Å². The van der Waals surface area contributed by atoms with Crippen molar-refractivity contribution in [3.8, 4) is 11.5 Å². The molecule has 1 aliphatic heterocycles. The molecular weight excluding hydrogens is 187 g/mol. The van der Waals surface area contributed by atoms with Gasteiger partial charge in [-0.05, 0) is 18.2 Å². The molecule has 0 amide bonds. The van der Waals surface area contributed by atoms with Crippen LogP contribution in [0.1, 0.15) is 5.56 Å². The SMILES string of the molecule is COc1ccc2c(c1)C[C@H](F)C(=O)O2. The Balaban J connectivity index is 2.37. The summed E-state index contributed by atoms with van der Waals surface area (Å²) in [5.74, 6) is 0.237. The van der Waals surface area contributed by atoms with E-state index in [1.165, 1.54) is 7.11 Å². The predicted molar refractivity (Wildman–Crippen MR) is 47.2 cm³/mol. The molecule has 1 aromatic rings. The maximum Gasteiger partial charge on any atom is 0.346 e. The Hall–Kier alpha value is -1.58. The number of carbonyl (C=O) groups is 1. The first-order valence-electron chi connectivity index (χ1n) is 4.23. The van der Waals surface area contributed by atoms with Crippen molar-refractivity contribution in [1.29, 1.82) is 0 Å². The van der Waals surface area contributed by atoms with Gasteiger partial charge in [0.1, 0.15) is 11.5 Å². The number of hydrogen-bond acceptors (Lipinski definition) is 3. The van der Waals surface area contributed by atoms with Crippen LogP contribution in [-0.2, 0) is 11.2 Å². The molecule has 0 saturated carbocycles. The zero-order valence-electron chi connectivity index (χ0n) is 7.62. The summed E-state index contributed by atoms with van der Waals surface area (Å²) in [6.45, 7) is 0. The van der Waals surface area contributed by atoms with Gasteiger partial charge in [0.2, 0.25) is 6.17 Å². The fraction of sp³-hybridized carbons (Fsp3) is 0.300. The lowest BCUT2D eigenvalue weighted by molar-refractivity contribution is -0.141. The van der Waals surface area contributed by atoms with E-state index in [9.17, 15) is 9.18 Å². The number of hydrogen-bond donors (Lipinski definition) is 0. The highest BCUT2D eigenvalue weighted by atomic mass is 19.1. The maximum absolute atomic E-state index is 13.0. The maximum atomic E-state index is 13.0. The molecule has 0 aliphatic carbocycles. The van der Waals surface area contributed by atoms with Crippen LogP contribution in [0.2, 0.25) is 0 Å². The molecule has 0 fully saturated rings. The molecule has 4 heteroatoms. The van der Waals surface area contributed by atoms with Crippen LogP contribution in [0.15, 0.2) is 18.2 Å². The average molecular weight is 196 g/mol. The van der Waals surface area contributed by atoms with E-state index in [0.29, 0.717) is 17.1 Å². The summed E-state index contributed by atoms with van der Waals surface area (Å²) in [6, 6.07) is 4.96. The molecule has 1 aliphatic rings. The van der Waals surface area contributed by atoms with Gasteiger partial charge in [0, 0.05) is 12.0 Å². The topological polar surface area (TPSA) is 35.5 Å². The Morgan fingerprint density at radius 3 is 3.07 bits per heavy atom. The van der Waals surface area contributed by atoms with E-state index in [2.05, 4.69) is 0 Å². The molecule has 0 aromatic heterocycles. The second-order valence-electron chi connectivity index (χ2n) is 3.07. The highest BCUT2D eigenvalue weighted by Gasteiger charge is 2.28. The van der Waals surface area contributed by atoms with Crippen LogP contribution in [-0.4, -0.2) is 19.3 Å². The summed E-state index contributed by atoms with van der Waals surface area (Å²) in [4.78, 5) is 10.9. The molecule has 3 nitrogen and oxygen atoms in total. The van der Waals surface area contributed by atoms with Crippen molar-refractivity contribution in [1.82, 2.24) is 0 Å². The van der Waals surface area contributed by atoms with Crippen LogP contribution in [0.4, 0.5) is 4.39 Å². The molecule has 0 spiro atoms. The lowest BCUT2D eigenvalue weighted by atomic mass is 10.0. The third-order valence-corrected chi connectivity index (χ3v) is 2.13. The molecule has 14 heavy (non-hydrogen) atoms. The number of carbonyl (C=O) groups excluding carboxylic acids is 1. The fourth-order valence-electron chi connectivity index (χ4n) is 1.39. The quantitative estimate of drug-likeness (QED) is 0.504. The van der Waals surface area contributed by atoms with Gasteiger partial charge < -0.3 is 9.47 Å². The van der Waals surface area contributed by atoms with Crippen molar-refractivity contribution in [2.24, 2.45) is 0 Å². The number of benzene rings is 1. The molecule has 0 radical (unpaired) electrons. The second kappa shape index (κ2) is 3.29. The molecule has 1 heterocycles. The van der Waals surface area contributed by atoms with Gasteiger partial charge in [-0.25, -0.2) is 9.18 Å². The number of fused-ring (bicyclic) bond motifs is 1. The summed E-state index contributed by atoms with van der Waals surface area (Å²) in [5, 5.41) is 0. The van der Waals surface area contributed by atoms with Crippen molar-refractivity contribution >= 4 is 5.97 Å². The van der Waals surface area contributed by atoms with Crippen molar-refractivity contribution in [2.75, 3.05) is 7.11 Å². The van der Waals surface area contributed by atoms with Gasteiger partial charge in [0.15, 0.2) is 0 Å². The van der Waals surface area contributed by atoms with Crippen molar-refractivity contribution in [2.45, 2.75) is 12.6 Å². The average Bonchev–Trinajstić information content (AvgIpc) is 2.19. The van der Waals surface area contributed by atoms with Crippen LogP contribution in [0.5, 0.6) is 11.5 Å². The molecule has 0 unspecified atom stereocenters. The minimum Gasteiger partial charge on any atom is -0.497 e. The van der Waals surface area contributed by atoms with Crippen LogP contribution >= 0.6 is 0 Å². The Labute approximate surface area is 80.4 Å². The van der Waals surface area contributed by atoms with Gasteiger partial charge in [0.25, 0.3) is 0 Å². The van der Waals surface area contributed by atoms with Crippen LogP contribution in [0.3, 0.4) is 0 Å². The molecule has 0 bridgehead atoms. The minimum atomic E-state index is -1.56. The third-order valence-electron chi connectivity index (χ3n) is 2.13. The van der Waals surface area contributed by atoms with Crippen molar-refractivity contribution in [3.05, 3.63) is 23.8 Å². The summed E-state index contributed by atoms with van der Waals surface area (Å²) in [7, 11) is 1.53. The lowest BCUT2D eigenvalue weighted by Gasteiger charge is -2.18. The Morgan fingerprint density at radius 2 is 2.36 bits per heavy atom. The molecule has 0 N–H and O–H groups in total. The highest BCUT2D eigenvalue weighted by molar-refractivity contribution is 5.80.